The molecule has 0 spiro atoms. The quantitative estimate of drug-likeness (QED) is 0.800. The Hall–Kier alpha value is -3.09. The van der Waals surface area contributed by atoms with E-state index in [1.54, 1.807) is 31.5 Å². The number of carbonyl (C=O) groups is 1. The summed E-state index contributed by atoms with van der Waals surface area (Å²) < 4.78 is 14.5. The van der Waals surface area contributed by atoms with Gasteiger partial charge >= 0.3 is 0 Å². The summed E-state index contributed by atoms with van der Waals surface area (Å²) in [6.07, 6.45) is 3.34. The maximum absolute atomic E-state index is 13.0. The van der Waals surface area contributed by atoms with E-state index in [0.29, 0.717) is 11.5 Å². The van der Waals surface area contributed by atoms with Crippen molar-refractivity contribution in [2.45, 2.75) is 19.9 Å². The van der Waals surface area contributed by atoms with E-state index in [1.807, 2.05) is 19.1 Å². The molecule has 0 saturated heterocycles. The molecule has 122 valence electrons. The Balaban J connectivity index is 1.79. The number of rotatable bonds is 4. The van der Waals surface area contributed by atoms with Crippen LogP contribution in [0.3, 0.4) is 0 Å². The van der Waals surface area contributed by atoms with Crippen molar-refractivity contribution in [1.29, 1.82) is 0 Å². The number of amides is 1. The van der Waals surface area contributed by atoms with E-state index in [1.165, 1.54) is 16.8 Å². The average molecular weight is 325 g/mol. The van der Waals surface area contributed by atoms with Gasteiger partial charge in [0.2, 0.25) is 5.82 Å². The Bertz CT molecular complexity index is 845. The van der Waals surface area contributed by atoms with E-state index < -0.39 is 0 Å². The zero-order valence-electron chi connectivity index (χ0n) is 13.3. The molecular formula is C17H16FN5O. The first-order chi connectivity index (χ1) is 11.5. The molecule has 7 heteroatoms. The molecule has 3 aromatic rings. The van der Waals surface area contributed by atoms with Gasteiger partial charge in [-0.15, -0.1) is 5.10 Å². The van der Waals surface area contributed by atoms with E-state index in [-0.39, 0.29) is 23.6 Å². The smallest absolute Gasteiger partial charge is 0.291 e. The lowest BCUT2D eigenvalue weighted by Crippen LogP contribution is -2.27. The van der Waals surface area contributed by atoms with Crippen molar-refractivity contribution in [1.82, 2.24) is 25.1 Å². The number of carbonyl (C=O) groups excluding carboxylic acids is 1. The molecule has 0 bridgehead atoms. The van der Waals surface area contributed by atoms with Crippen molar-refractivity contribution in [3.63, 3.8) is 0 Å². The molecule has 3 rings (SSSR count). The molecule has 1 aromatic carbocycles. The van der Waals surface area contributed by atoms with Crippen molar-refractivity contribution in [3.05, 3.63) is 71.8 Å². The summed E-state index contributed by atoms with van der Waals surface area (Å²) >= 11 is 0. The van der Waals surface area contributed by atoms with E-state index in [2.05, 4.69) is 20.4 Å². The van der Waals surface area contributed by atoms with Gasteiger partial charge < -0.3 is 5.32 Å². The first kappa shape index (κ1) is 15.8. The lowest BCUT2D eigenvalue weighted by Gasteiger charge is -2.12. The zero-order valence-corrected chi connectivity index (χ0v) is 13.3. The predicted molar refractivity (Wildman–Crippen MR) is 86.2 cm³/mol. The highest BCUT2D eigenvalue weighted by atomic mass is 19.1. The average Bonchev–Trinajstić information content (AvgIpc) is 2.98. The van der Waals surface area contributed by atoms with Crippen molar-refractivity contribution >= 4 is 5.91 Å². The van der Waals surface area contributed by atoms with Crippen molar-refractivity contribution in [3.8, 4) is 5.69 Å². The fourth-order valence-corrected chi connectivity index (χ4v) is 2.31. The van der Waals surface area contributed by atoms with Crippen LogP contribution in [-0.2, 0) is 0 Å². The number of hydrogen-bond donors (Lipinski definition) is 1. The molecule has 0 fully saturated rings. The highest BCUT2D eigenvalue weighted by molar-refractivity contribution is 5.90. The molecule has 1 amide bonds. The van der Waals surface area contributed by atoms with Crippen molar-refractivity contribution in [2.75, 3.05) is 0 Å². The van der Waals surface area contributed by atoms with Crippen LogP contribution in [0.15, 0.2) is 48.8 Å². The fraction of sp³-hybridized carbons (Fsp3) is 0.176. The minimum Gasteiger partial charge on any atom is -0.343 e. The SMILES string of the molecule is Cc1nc(C(=O)N[C@@H](C)c2ccncc2)nn1-c1ccc(F)cc1. The summed E-state index contributed by atoms with van der Waals surface area (Å²) in [5, 5.41) is 7.06. The highest BCUT2D eigenvalue weighted by Crippen LogP contribution is 2.13. The fourth-order valence-electron chi connectivity index (χ4n) is 2.31. The molecular weight excluding hydrogens is 309 g/mol. The first-order valence-corrected chi connectivity index (χ1v) is 7.45. The second-order valence-corrected chi connectivity index (χ2v) is 5.35. The Morgan fingerprint density at radius 3 is 2.50 bits per heavy atom. The molecule has 2 aromatic heterocycles. The summed E-state index contributed by atoms with van der Waals surface area (Å²) in [5.74, 6) is -0.0926. The number of pyridine rings is 1. The van der Waals surface area contributed by atoms with E-state index in [4.69, 9.17) is 0 Å². The van der Waals surface area contributed by atoms with Gasteiger partial charge in [0.1, 0.15) is 11.6 Å². The predicted octanol–water partition coefficient (Wildman–Crippen LogP) is 2.60. The maximum Gasteiger partial charge on any atom is 0.291 e. The van der Waals surface area contributed by atoms with Gasteiger partial charge in [-0.25, -0.2) is 14.1 Å². The Labute approximate surface area is 138 Å². The monoisotopic (exact) mass is 325 g/mol. The van der Waals surface area contributed by atoms with Gasteiger partial charge in [-0.2, -0.15) is 0 Å². The standard InChI is InChI=1S/C17H16FN5O/c1-11(13-7-9-19-10-8-13)20-17(24)16-21-12(2)23(22-16)15-5-3-14(18)4-6-15/h3-11H,1-2H3,(H,20,24)/t11-/m0/s1. The number of halogens is 1. The van der Waals surface area contributed by atoms with Crippen LogP contribution in [0, 0.1) is 12.7 Å². The van der Waals surface area contributed by atoms with Gasteiger partial charge in [0.15, 0.2) is 0 Å². The number of nitrogens with one attached hydrogen (secondary N) is 1. The Morgan fingerprint density at radius 2 is 1.83 bits per heavy atom. The van der Waals surface area contributed by atoms with Crippen molar-refractivity contribution < 1.29 is 9.18 Å². The minimum absolute atomic E-state index is 0.0673. The molecule has 0 aliphatic rings. The lowest BCUT2D eigenvalue weighted by atomic mass is 10.1. The second kappa shape index (κ2) is 6.57. The molecule has 0 saturated carbocycles. The van der Waals surface area contributed by atoms with Gasteiger partial charge in [0.05, 0.1) is 11.7 Å². The van der Waals surface area contributed by atoms with Crippen LogP contribution in [-0.4, -0.2) is 25.7 Å². The normalized spacial score (nSPS) is 12.0. The van der Waals surface area contributed by atoms with E-state index >= 15 is 0 Å². The minimum atomic E-state index is -0.372. The first-order valence-electron chi connectivity index (χ1n) is 7.45. The van der Waals surface area contributed by atoms with Crippen LogP contribution in [0.1, 0.15) is 35.0 Å². The highest BCUT2D eigenvalue weighted by Gasteiger charge is 2.17. The van der Waals surface area contributed by atoms with Crippen LogP contribution in [0.4, 0.5) is 4.39 Å². The zero-order chi connectivity index (χ0) is 17.1. The Morgan fingerprint density at radius 1 is 1.17 bits per heavy atom. The maximum atomic E-state index is 13.0. The lowest BCUT2D eigenvalue weighted by molar-refractivity contribution is 0.0929. The van der Waals surface area contributed by atoms with Gasteiger partial charge in [-0.1, -0.05) is 0 Å². The second-order valence-electron chi connectivity index (χ2n) is 5.35. The molecule has 2 heterocycles. The molecule has 0 radical (unpaired) electrons. The van der Waals surface area contributed by atoms with Crippen LogP contribution < -0.4 is 5.32 Å². The number of benzene rings is 1. The van der Waals surface area contributed by atoms with Crippen LogP contribution >= 0.6 is 0 Å². The summed E-state index contributed by atoms with van der Waals surface area (Å²) in [5.41, 5.74) is 1.58. The van der Waals surface area contributed by atoms with Gasteiger partial charge in [-0.05, 0) is 55.8 Å². The molecule has 1 N–H and O–H groups in total. The summed E-state index contributed by atoms with van der Waals surface area (Å²) in [4.78, 5) is 20.5. The number of aryl methyl sites for hydroxylation is 1. The molecule has 0 aliphatic heterocycles. The van der Waals surface area contributed by atoms with Crippen LogP contribution in [0.25, 0.3) is 5.69 Å². The molecule has 1 atom stereocenters. The number of hydrogen-bond acceptors (Lipinski definition) is 4. The molecule has 6 nitrogen and oxygen atoms in total. The number of aromatic nitrogens is 4. The Kier molecular flexibility index (Phi) is 4.33. The third-order valence-electron chi connectivity index (χ3n) is 3.60. The summed E-state index contributed by atoms with van der Waals surface area (Å²) in [7, 11) is 0. The summed E-state index contributed by atoms with van der Waals surface area (Å²) in [6, 6.07) is 9.31. The molecule has 0 aliphatic carbocycles. The molecule has 24 heavy (non-hydrogen) atoms. The van der Waals surface area contributed by atoms with Crippen LogP contribution in [0.5, 0.6) is 0 Å². The number of nitrogens with zero attached hydrogens (tertiary/aromatic N) is 4. The van der Waals surface area contributed by atoms with Gasteiger partial charge in [0.25, 0.3) is 5.91 Å². The topological polar surface area (TPSA) is 72.7 Å². The van der Waals surface area contributed by atoms with Gasteiger partial charge in [0, 0.05) is 12.4 Å². The van der Waals surface area contributed by atoms with Gasteiger partial charge in [-0.3, -0.25) is 9.78 Å². The largest absolute Gasteiger partial charge is 0.343 e. The van der Waals surface area contributed by atoms with Crippen molar-refractivity contribution in [2.24, 2.45) is 0 Å². The third kappa shape index (κ3) is 3.29. The molecule has 0 unspecified atom stereocenters. The van der Waals surface area contributed by atoms with E-state index in [9.17, 15) is 9.18 Å². The third-order valence-corrected chi connectivity index (χ3v) is 3.60. The van der Waals surface area contributed by atoms with E-state index in [0.717, 1.165) is 5.56 Å². The van der Waals surface area contributed by atoms with Crippen LogP contribution in [0.2, 0.25) is 0 Å². The summed E-state index contributed by atoms with van der Waals surface area (Å²) in [6.45, 7) is 3.61.